The minimum absolute atomic E-state index is 0.144. The van der Waals surface area contributed by atoms with Crippen LogP contribution in [0.15, 0.2) is 16.6 Å². The largest absolute Gasteiger partial charge is 0.469 e. The predicted molar refractivity (Wildman–Crippen MR) is 59.9 cm³/mol. The Morgan fingerprint density at radius 3 is 2.71 bits per heavy atom. The van der Waals surface area contributed by atoms with Crippen LogP contribution >= 0.6 is 39.1 Å². The summed E-state index contributed by atoms with van der Waals surface area (Å²) in [5, 5.41) is 0.964. The first-order valence-corrected chi connectivity index (χ1v) is 5.30. The molecule has 0 atom stereocenters. The number of methoxy groups -OCH3 is 1. The first-order chi connectivity index (χ1) is 6.56. The minimum atomic E-state index is -0.332. The van der Waals surface area contributed by atoms with Gasteiger partial charge < -0.3 is 4.74 Å². The third-order valence-electron chi connectivity index (χ3n) is 1.68. The van der Waals surface area contributed by atoms with Gasteiger partial charge in [0, 0.05) is 0 Å². The summed E-state index contributed by atoms with van der Waals surface area (Å²) >= 11 is 15.0. The Bertz CT molecular complexity index is 366. The summed E-state index contributed by atoms with van der Waals surface area (Å²) in [5.41, 5.74) is 0.690. The highest BCUT2D eigenvalue weighted by Crippen LogP contribution is 2.33. The van der Waals surface area contributed by atoms with Gasteiger partial charge in [-0.15, -0.1) is 0 Å². The zero-order valence-corrected chi connectivity index (χ0v) is 10.4. The van der Waals surface area contributed by atoms with Crippen LogP contribution < -0.4 is 0 Å². The van der Waals surface area contributed by atoms with E-state index in [1.165, 1.54) is 7.11 Å². The van der Waals surface area contributed by atoms with Crippen LogP contribution in [0.4, 0.5) is 0 Å². The van der Waals surface area contributed by atoms with Crippen molar-refractivity contribution in [1.29, 1.82) is 0 Å². The molecule has 0 aromatic heterocycles. The number of carbonyl (C=O) groups excluding carboxylic acids is 1. The lowest BCUT2D eigenvalue weighted by Gasteiger charge is -2.05. The predicted octanol–water partition coefficient (Wildman–Crippen LogP) is 3.47. The van der Waals surface area contributed by atoms with E-state index in [1.54, 1.807) is 12.1 Å². The average molecular weight is 298 g/mol. The van der Waals surface area contributed by atoms with Crippen LogP contribution in [0, 0.1) is 0 Å². The van der Waals surface area contributed by atoms with Crippen LogP contribution in [0.5, 0.6) is 0 Å². The van der Waals surface area contributed by atoms with E-state index < -0.39 is 0 Å². The third kappa shape index (κ3) is 2.62. The fourth-order valence-corrected chi connectivity index (χ4v) is 1.75. The van der Waals surface area contributed by atoms with E-state index in [-0.39, 0.29) is 12.4 Å². The van der Waals surface area contributed by atoms with E-state index in [0.717, 1.165) is 0 Å². The summed E-state index contributed by atoms with van der Waals surface area (Å²) in [5.74, 6) is -0.332. The van der Waals surface area contributed by atoms with Crippen LogP contribution in [0.2, 0.25) is 10.0 Å². The van der Waals surface area contributed by atoms with Crippen molar-refractivity contribution in [2.24, 2.45) is 0 Å². The molecule has 0 radical (unpaired) electrons. The van der Waals surface area contributed by atoms with E-state index >= 15 is 0 Å². The maximum atomic E-state index is 11.0. The molecule has 0 amide bonds. The van der Waals surface area contributed by atoms with Gasteiger partial charge in [-0.25, -0.2) is 0 Å². The molecule has 2 nitrogen and oxygen atoms in total. The van der Waals surface area contributed by atoms with Crippen molar-refractivity contribution in [2.75, 3.05) is 7.11 Å². The molecule has 0 N–H and O–H groups in total. The maximum absolute atomic E-state index is 11.0. The topological polar surface area (TPSA) is 26.3 Å². The molecule has 0 unspecified atom stereocenters. The van der Waals surface area contributed by atoms with Crippen molar-refractivity contribution >= 4 is 45.1 Å². The Hall–Kier alpha value is -0.250. The molecule has 76 valence electrons. The summed E-state index contributed by atoms with van der Waals surface area (Å²) in [6.07, 6.45) is 0.144. The zero-order valence-electron chi connectivity index (χ0n) is 7.31. The Labute approximate surface area is 100 Å². The molecule has 1 aromatic carbocycles. The first-order valence-electron chi connectivity index (χ1n) is 3.75. The molecule has 0 saturated heterocycles. The second-order valence-electron chi connectivity index (χ2n) is 2.59. The number of carbonyl (C=O) groups is 1. The Balaban J connectivity index is 3.00. The molecule has 1 rings (SSSR count). The third-order valence-corrected chi connectivity index (χ3v) is 3.70. The molecular weight excluding hydrogens is 291 g/mol. The SMILES string of the molecule is COC(=O)Cc1ccc(Cl)c(Br)c1Cl. The lowest BCUT2D eigenvalue weighted by molar-refractivity contribution is -0.139. The van der Waals surface area contributed by atoms with Crippen molar-refractivity contribution in [3.05, 3.63) is 32.2 Å². The van der Waals surface area contributed by atoms with Gasteiger partial charge in [0.1, 0.15) is 0 Å². The standard InChI is InChI=1S/C9H7BrCl2O2/c1-14-7(13)4-5-2-3-6(11)8(10)9(5)12/h2-3H,4H2,1H3. The van der Waals surface area contributed by atoms with Gasteiger partial charge in [0.2, 0.25) is 0 Å². The normalized spacial score (nSPS) is 10.0. The number of hydrogen-bond acceptors (Lipinski definition) is 2. The molecule has 0 aliphatic heterocycles. The molecule has 0 bridgehead atoms. The fraction of sp³-hybridized carbons (Fsp3) is 0.222. The van der Waals surface area contributed by atoms with Crippen molar-refractivity contribution in [1.82, 2.24) is 0 Å². The van der Waals surface area contributed by atoms with Crippen molar-refractivity contribution in [3.63, 3.8) is 0 Å². The number of ether oxygens (including phenoxy) is 1. The molecule has 0 fully saturated rings. The van der Waals surface area contributed by atoms with Crippen LogP contribution in [0.1, 0.15) is 5.56 Å². The van der Waals surface area contributed by atoms with Crippen molar-refractivity contribution in [2.45, 2.75) is 6.42 Å². The van der Waals surface area contributed by atoms with E-state index in [1.807, 2.05) is 0 Å². The van der Waals surface area contributed by atoms with Gasteiger partial charge >= 0.3 is 5.97 Å². The highest BCUT2D eigenvalue weighted by atomic mass is 79.9. The number of esters is 1. The smallest absolute Gasteiger partial charge is 0.310 e. The Kier molecular flexibility index (Phi) is 4.23. The summed E-state index contributed by atoms with van der Waals surface area (Å²) in [7, 11) is 1.33. The minimum Gasteiger partial charge on any atom is -0.469 e. The summed E-state index contributed by atoms with van der Waals surface area (Å²) in [6, 6.07) is 3.38. The molecule has 0 saturated carbocycles. The first kappa shape index (κ1) is 11.8. The molecular formula is C9H7BrCl2O2. The molecule has 14 heavy (non-hydrogen) atoms. The van der Waals surface area contributed by atoms with Crippen LogP contribution in [-0.2, 0) is 16.0 Å². The van der Waals surface area contributed by atoms with E-state index in [0.29, 0.717) is 20.1 Å². The lowest BCUT2D eigenvalue weighted by atomic mass is 10.1. The quantitative estimate of drug-likeness (QED) is 0.617. The zero-order chi connectivity index (χ0) is 10.7. The van der Waals surface area contributed by atoms with Crippen LogP contribution in [0.3, 0.4) is 0 Å². The molecule has 5 heteroatoms. The monoisotopic (exact) mass is 296 g/mol. The highest BCUT2D eigenvalue weighted by molar-refractivity contribution is 9.10. The number of rotatable bonds is 2. The second kappa shape index (κ2) is 5.01. The van der Waals surface area contributed by atoms with E-state index in [9.17, 15) is 4.79 Å². The van der Waals surface area contributed by atoms with Gasteiger partial charge in [0.15, 0.2) is 0 Å². The van der Waals surface area contributed by atoms with Gasteiger partial charge in [0.25, 0.3) is 0 Å². The van der Waals surface area contributed by atoms with Gasteiger partial charge in [-0.05, 0) is 27.6 Å². The molecule has 0 aliphatic carbocycles. The average Bonchev–Trinajstić information content (AvgIpc) is 2.19. The maximum Gasteiger partial charge on any atom is 0.310 e. The molecule has 0 heterocycles. The Morgan fingerprint density at radius 1 is 1.50 bits per heavy atom. The highest BCUT2D eigenvalue weighted by Gasteiger charge is 2.11. The Morgan fingerprint density at radius 2 is 2.14 bits per heavy atom. The van der Waals surface area contributed by atoms with Gasteiger partial charge in [-0.3, -0.25) is 4.79 Å². The number of hydrogen-bond donors (Lipinski definition) is 0. The molecule has 1 aromatic rings. The summed E-state index contributed by atoms with van der Waals surface area (Å²) < 4.78 is 5.13. The molecule has 0 aliphatic rings. The van der Waals surface area contributed by atoms with Gasteiger partial charge in [-0.1, -0.05) is 29.3 Å². The number of halogens is 3. The van der Waals surface area contributed by atoms with Crippen molar-refractivity contribution < 1.29 is 9.53 Å². The fourth-order valence-electron chi connectivity index (χ4n) is 0.930. The van der Waals surface area contributed by atoms with E-state index in [2.05, 4.69) is 20.7 Å². The van der Waals surface area contributed by atoms with Gasteiger partial charge in [0.05, 0.1) is 28.0 Å². The van der Waals surface area contributed by atoms with Crippen LogP contribution in [0.25, 0.3) is 0 Å². The molecule has 0 spiro atoms. The van der Waals surface area contributed by atoms with Crippen LogP contribution in [-0.4, -0.2) is 13.1 Å². The van der Waals surface area contributed by atoms with Crippen molar-refractivity contribution in [3.8, 4) is 0 Å². The summed E-state index contributed by atoms with van der Waals surface area (Å²) in [4.78, 5) is 11.0. The number of benzene rings is 1. The lowest BCUT2D eigenvalue weighted by Crippen LogP contribution is -2.05. The van der Waals surface area contributed by atoms with Gasteiger partial charge in [-0.2, -0.15) is 0 Å². The second-order valence-corrected chi connectivity index (χ2v) is 4.17. The summed E-state index contributed by atoms with van der Waals surface area (Å²) in [6.45, 7) is 0. The van der Waals surface area contributed by atoms with E-state index in [4.69, 9.17) is 23.2 Å².